The number of nitrogens with zero attached hydrogens (tertiary/aromatic N) is 1. The second kappa shape index (κ2) is 6.13. The number of benzene rings is 3. The van der Waals surface area contributed by atoms with Gasteiger partial charge in [0.15, 0.2) is 5.78 Å². The predicted molar refractivity (Wildman–Crippen MR) is 106 cm³/mol. The van der Waals surface area contributed by atoms with Crippen LogP contribution in [-0.4, -0.2) is 10.8 Å². The monoisotopic (exact) mass is 353 g/mol. The number of carbonyl (C=O) groups excluding carboxylic acids is 1. The van der Waals surface area contributed by atoms with Crippen LogP contribution >= 0.6 is 0 Å². The number of pyridine rings is 1. The lowest BCUT2D eigenvalue weighted by Gasteiger charge is -2.20. The summed E-state index contributed by atoms with van der Waals surface area (Å²) in [6.07, 6.45) is 5.02. The Hall–Kier alpha value is -3.33. The summed E-state index contributed by atoms with van der Waals surface area (Å²) in [6, 6.07) is 18.5. The van der Waals surface area contributed by atoms with E-state index in [4.69, 9.17) is 0 Å². The molecule has 0 spiro atoms. The number of Topliss-reactive ketones (excluding diaryl/α,β-unsaturated/α-hetero) is 1. The van der Waals surface area contributed by atoms with Crippen LogP contribution in [0.5, 0.6) is 0 Å². The lowest BCUT2D eigenvalue weighted by molar-refractivity contribution is 0.102. The minimum Gasteiger partial charge on any atom is -0.289 e. The highest BCUT2D eigenvalue weighted by Crippen LogP contribution is 2.34. The van der Waals surface area contributed by atoms with E-state index in [1.807, 2.05) is 24.3 Å². The van der Waals surface area contributed by atoms with E-state index in [1.54, 1.807) is 18.3 Å². The Morgan fingerprint density at radius 2 is 1.74 bits per heavy atom. The van der Waals surface area contributed by atoms with Gasteiger partial charge in [-0.3, -0.25) is 9.78 Å². The van der Waals surface area contributed by atoms with E-state index in [2.05, 4.69) is 23.2 Å². The quantitative estimate of drug-likeness (QED) is 0.323. The van der Waals surface area contributed by atoms with Crippen LogP contribution in [0, 0.1) is 5.82 Å². The van der Waals surface area contributed by atoms with Gasteiger partial charge in [0.05, 0.1) is 5.52 Å². The number of hydrogen-bond acceptors (Lipinski definition) is 2. The number of ketones is 1. The van der Waals surface area contributed by atoms with Gasteiger partial charge in [0.2, 0.25) is 0 Å². The van der Waals surface area contributed by atoms with Crippen molar-refractivity contribution in [3.05, 3.63) is 94.9 Å². The van der Waals surface area contributed by atoms with Crippen LogP contribution in [0.25, 0.3) is 27.8 Å². The lowest BCUT2D eigenvalue weighted by atomic mass is 9.84. The number of aryl methyl sites for hydroxylation is 1. The zero-order valence-electron chi connectivity index (χ0n) is 14.6. The molecule has 2 nitrogen and oxygen atoms in total. The average molecular weight is 353 g/mol. The topological polar surface area (TPSA) is 30.0 Å². The second-order valence-corrected chi connectivity index (χ2v) is 6.88. The maximum atomic E-state index is 13.1. The van der Waals surface area contributed by atoms with Gasteiger partial charge in [-0.1, -0.05) is 42.5 Å². The van der Waals surface area contributed by atoms with Gasteiger partial charge in [-0.15, -0.1) is 0 Å². The van der Waals surface area contributed by atoms with Crippen LogP contribution in [0.3, 0.4) is 0 Å². The van der Waals surface area contributed by atoms with Crippen molar-refractivity contribution >= 4 is 33.5 Å². The van der Waals surface area contributed by atoms with Crippen LogP contribution in [0.1, 0.15) is 27.9 Å². The summed E-state index contributed by atoms with van der Waals surface area (Å²) < 4.78 is 13.1. The van der Waals surface area contributed by atoms with Gasteiger partial charge >= 0.3 is 0 Å². The van der Waals surface area contributed by atoms with Crippen LogP contribution in [0.15, 0.2) is 72.4 Å². The van der Waals surface area contributed by atoms with Gasteiger partial charge in [-0.25, -0.2) is 4.39 Å². The number of rotatable bonds is 1. The van der Waals surface area contributed by atoms with Crippen LogP contribution in [-0.2, 0) is 6.42 Å². The molecule has 0 bridgehead atoms. The first-order valence-corrected chi connectivity index (χ1v) is 9.01. The molecule has 5 rings (SSSR count). The summed E-state index contributed by atoms with van der Waals surface area (Å²) >= 11 is 0. The summed E-state index contributed by atoms with van der Waals surface area (Å²) in [6.45, 7) is 0. The first kappa shape index (κ1) is 15.9. The molecule has 0 saturated carbocycles. The smallest absolute Gasteiger partial charge is 0.190 e. The van der Waals surface area contributed by atoms with Crippen molar-refractivity contribution in [3.8, 4) is 0 Å². The van der Waals surface area contributed by atoms with Crippen LogP contribution in [0.2, 0.25) is 0 Å². The molecule has 0 N–H and O–H groups in total. The maximum Gasteiger partial charge on any atom is 0.190 e. The van der Waals surface area contributed by atoms with Gasteiger partial charge in [-0.05, 0) is 59.0 Å². The molecule has 3 aromatic carbocycles. The minimum absolute atomic E-state index is 0.0166. The Morgan fingerprint density at radius 1 is 0.926 bits per heavy atom. The molecule has 0 radical (unpaired) electrons. The summed E-state index contributed by atoms with van der Waals surface area (Å²) in [5.74, 6) is -0.261. The number of allylic oxidation sites excluding steroid dienone is 1. The van der Waals surface area contributed by atoms with E-state index in [-0.39, 0.29) is 11.6 Å². The molecule has 1 heterocycles. The zero-order chi connectivity index (χ0) is 18.4. The number of carbonyl (C=O) groups is 1. The lowest BCUT2D eigenvalue weighted by Crippen LogP contribution is -2.15. The molecule has 3 heteroatoms. The predicted octanol–water partition coefficient (Wildman–Crippen LogP) is 5.74. The summed E-state index contributed by atoms with van der Waals surface area (Å²) in [5.41, 5.74) is 4.26. The normalized spacial score (nSPS) is 15.4. The molecule has 0 atom stereocenters. The molecule has 4 aromatic rings. The third-order valence-electron chi connectivity index (χ3n) is 5.26. The molecule has 1 aliphatic carbocycles. The van der Waals surface area contributed by atoms with Gasteiger partial charge < -0.3 is 0 Å². The van der Waals surface area contributed by atoms with Crippen molar-refractivity contribution in [2.75, 3.05) is 0 Å². The molecular weight excluding hydrogens is 337 g/mol. The van der Waals surface area contributed by atoms with Crippen LogP contribution < -0.4 is 0 Å². The molecule has 0 aliphatic heterocycles. The van der Waals surface area contributed by atoms with Gasteiger partial charge in [0, 0.05) is 22.7 Å². The fourth-order valence-electron chi connectivity index (χ4n) is 3.93. The second-order valence-electron chi connectivity index (χ2n) is 6.88. The number of fused-ring (bicyclic) bond motifs is 5. The van der Waals surface area contributed by atoms with Gasteiger partial charge in [0.1, 0.15) is 5.82 Å². The van der Waals surface area contributed by atoms with Crippen molar-refractivity contribution < 1.29 is 9.18 Å². The maximum absolute atomic E-state index is 13.1. The standard InChI is InChI=1S/C24H16FNO/c25-18-9-5-15(6-10-18)13-17-7-11-20-21(24(17)27)14-26-22-12-8-16-3-1-2-4-19(16)23(20)22/h1-6,8-10,12-14H,7,11H2/b17-13+. The van der Waals surface area contributed by atoms with E-state index in [9.17, 15) is 9.18 Å². The SMILES string of the molecule is O=C1/C(=C/c2ccc(F)cc2)CCc2c1cnc1ccc3ccccc3c21. The Bertz CT molecular complexity index is 1240. The largest absolute Gasteiger partial charge is 0.289 e. The zero-order valence-corrected chi connectivity index (χ0v) is 14.6. The van der Waals surface area contributed by atoms with E-state index in [0.717, 1.165) is 44.8 Å². The van der Waals surface area contributed by atoms with Crippen molar-refractivity contribution in [2.45, 2.75) is 12.8 Å². The molecule has 130 valence electrons. The van der Waals surface area contributed by atoms with Crippen molar-refractivity contribution in [2.24, 2.45) is 0 Å². The Labute approximate surface area is 156 Å². The van der Waals surface area contributed by atoms with Crippen LogP contribution in [0.4, 0.5) is 4.39 Å². The number of halogens is 1. The van der Waals surface area contributed by atoms with E-state index in [0.29, 0.717) is 12.0 Å². The van der Waals surface area contributed by atoms with Gasteiger partial charge in [-0.2, -0.15) is 0 Å². The highest BCUT2D eigenvalue weighted by molar-refractivity contribution is 6.17. The summed E-state index contributed by atoms with van der Waals surface area (Å²) in [7, 11) is 0. The molecule has 0 fully saturated rings. The van der Waals surface area contributed by atoms with Crippen molar-refractivity contribution in [1.82, 2.24) is 4.98 Å². The number of aromatic nitrogens is 1. The molecule has 27 heavy (non-hydrogen) atoms. The van der Waals surface area contributed by atoms with E-state index < -0.39 is 0 Å². The van der Waals surface area contributed by atoms with Crippen molar-refractivity contribution in [1.29, 1.82) is 0 Å². The minimum atomic E-state index is -0.278. The van der Waals surface area contributed by atoms with E-state index >= 15 is 0 Å². The highest BCUT2D eigenvalue weighted by atomic mass is 19.1. The van der Waals surface area contributed by atoms with Crippen molar-refractivity contribution in [3.63, 3.8) is 0 Å². The summed E-state index contributed by atoms with van der Waals surface area (Å²) in [4.78, 5) is 17.6. The third-order valence-corrected chi connectivity index (χ3v) is 5.26. The molecule has 0 unspecified atom stereocenters. The average Bonchev–Trinajstić information content (AvgIpc) is 2.71. The molecule has 1 aliphatic rings. The van der Waals surface area contributed by atoms with E-state index in [1.165, 1.54) is 12.1 Å². The Morgan fingerprint density at radius 3 is 2.59 bits per heavy atom. The molecule has 0 saturated heterocycles. The van der Waals surface area contributed by atoms with Gasteiger partial charge in [0.25, 0.3) is 0 Å². The highest BCUT2D eigenvalue weighted by Gasteiger charge is 2.24. The first-order chi connectivity index (χ1) is 13.2. The number of hydrogen-bond donors (Lipinski definition) is 0. The molecule has 1 aromatic heterocycles. The molecular formula is C24H16FNO. The molecule has 0 amide bonds. The Kier molecular flexibility index (Phi) is 3.61. The summed E-state index contributed by atoms with van der Waals surface area (Å²) in [5, 5.41) is 3.37. The fraction of sp³-hybridized carbons (Fsp3) is 0.0833. The third kappa shape index (κ3) is 2.63. The Balaban J connectivity index is 1.67. The fourth-order valence-corrected chi connectivity index (χ4v) is 3.93. The first-order valence-electron chi connectivity index (χ1n) is 9.01.